The second-order valence-corrected chi connectivity index (χ2v) is 11.1. The van der Waals surface area contributed by atoms with Crippen molar-refractivity contribution in [1.82, 2.24) is 15.1 Å². The Hall–Kier alpha value is -4.61. The molecule has 0 atom stereocenters. The maximum absolute atomic E-state index is 14.7. The summed E-state index contributed by atoms with van der Waals surface area (Å²) < 4.78 is 47.4. The number of aliphatic imine (C=N–C) groups is 1. The fraction of sp³-hybridized carbons (Fsp3) is 0.0714. The van der Waals surface area contributed by atoms with Gasteiger partial charge in [-0.15, -0.1) is 0 Å². The van der Waals surface area contributed by atoms with E-state index in [1.807, 2.05) is 6.07 Å². The lowest BCUT2D eigenvalue weighted by Crippen LogP contribution is -2.13. The summed E-state index contributed by atoms with van der Waals surface area (Å²) in [5.74, 6) is 0.490. The van der Waals surface area contributed by atoms with Gasteiger partial charge in [-0.1, -0.05) is 35.0 Å². The van der Waals surface area contributed by atoms with Gasteiger partial charge in [-0.2, -0.15) is 0 Å². The average molecular weight is 575 g/mol. The standard InChI is InChI=1S/C28H20ClFN6O3S/c1-16-12-25(35-39-16)36-40(37,38)20-9-7-19(8-10-20)33-28-32-15-17-14-31-27(22-4-2-3-5-24(22)30)23-13-18(29)6-11-21(23)26(17)34-28/h2-13,15H,14H2,1H3,(H,35,36)(H,32,33,34). The number of aromatic nitrogens is 3. The third-order valence-electron chi connectivity index (χ3n) is 6.18. The predicted molar refractivity (Wildman–Crippen MR) is 150 cm³/mol. The topological polar surface area (TPSA) is 122 Å². The van der Waals surface area contributed by atoms with Gasteiger partial charge in [-0.25, -0.2) is 22.8 Å². The van der Waals surface area contributed by atoms with Gasteiger partial charge >= 0.3 is 0 Å². The van der Waals surface area contributed by atoms with E-state index in [1.165, 1.54) is 24.3 Å². The Labute approximate surface area is 233 Å². The highest BCUT2D eigenvalue weighted by Crippen LogP contribution is 2.34. The van der Waals surface area contributed by atoms with Crippen molar-refractivity contribution in [1.29, 1.82) is 0 Å². The zero-order valence-corrected chi connectivity index (χ0v) is 22.5. The molecule has 1 aliphatic rings. The van der Waals surface area contributed by atoms with Crippen LogP contribution in [0.5, 0.6) is 0 Å². The summed E-state index contributed by atoms with van der Waals surface area (Å²) in [5, 5.41) is 7.26. The van der Waals surface area contributed by atoms with Crippen molar-refractivity contribution in [3.63, 3.8) is 0 Å². The maximum atomic E-state index is 14.7. The molecule has 2 aromatic heterocycles. The number of anilines is 3. The van der Waals surface area contributed by atoms with E-state index in [-0.39, 0.29) is 23.1 Å². The minimum atomic E-state index is -3.86. The molecule has 40 heavy (non-hydrogen) atoms. The number of hydrogen-bond donors (Lipinski definition) is 2. The zero-order valence-electron chi connectivity index (χ0n) is 20.9. The van der Waals surface area contributed by atoms with Gasteiger partial charge in [-0.05, 0) is 55.5 Å². The highest BCUT2D eigenvalue weighted by atomic mass is 35.5. The van der Waals surface area contributed by atoms with Gasteiger partial charge in [0.05, 0.1) is 22.8 Å². The van der Waals surface area contributed by atoms with Crippen LogP contribution in [-0.4, -0.2) is 29.3 Å². The van der Waals surface area contributed by atoms with Crippen LogP contribution in [0.15, 0.2) is 93.4 Å². The maximum Gasteiger partial charge on any atom is 0.263 e. The number of nitrogens with one attached hydrogen (secondary N) is 2. The highest BCUT2D eigenvalue weighted by molar-refractivity contribution is 7.92. The molecular weight excluding hydrogens is 555 g/mol. The van der Waals surface area contributed by atoms with Crippen LogP contribution in [0.1, 0.15) is 22.5 Å². The van der Waals surface area contributed by atoms with Crippen LogP contribution < -0.4 is 10.0 Å². The lowest BCUT2D eigenvalue weighted by Gasteiger charge is -2.13. The molecule has 1 aliphatic heterocycles. The summed E-state index contributed by atoms with van der Waals surface area (Å²) in [4.78, 5) is 13.9. The van der Waals surface area contributed by atoms with Gasteiger partial charge in [0.15, 0.2) is 5.82 Å². The molecular formula is C28H20ClFN6O3S. The number of nitrogens with zero attached hydrogens (tertiary/aromatic N) is 4. The molecule has 0 unspecified atom stereocenters. The molecule has 9 nitrogen and oxygen atoms in total. The summed E-state index contributed by atoms with van der Waals surface area (Å²) in [6.07, 6.45) is 1.67. The number of aryl methyl sites for hydroxylation is 1. The Morgan fingerprint density at radius 1 is 0.975 bits per heavy atom. The van der Waals surface area contributed by atoms with Crippen molar-refractivity contribution in [2.45, 2.75) is 18.4 Å². The molecule has 2 N–H and O–H groups in total. The monoisotopic (exact) mass is 574 g/mol. The third-order valence-corrected chi connectivity index (χ3v) is 7.79. The second kappa shape index (κ2) is 10.2. The molecule has 0 bridgehead atoms. The number of benzene rings is 3. The number of halogens is 2. The lowest BCUT2D eigenvalue weighted by atomic mass is 9.95. The fourth-order valence-corrected chi connectivity index (χ4v) is 5.48. The summed E-state index contributed by atoms with van der Waals surface area (Å²) in [6, 6.07) is 19.4. The molecule has 12 heteroatoms. The van der Waals surface area contributed by atoms with Crippen LogP contribution in [0.4, 0.5) is 21.8 Å². The third kappa shape index (κ3) is 5.04. The SMILES string of the molecule is Cc1cc(NS(=O)(=O)c2ccc(Nc3ncc4c(n3)-c3ccc(Cl)cc3C(c3ccccc3F)=NC4)cc2)no1. The van der Waals surface area contributed by atoms with Crippen LogP contribution >= 0.6 is 11.6 Å². The normalized spacial score (nSPS) is 12.6. The van der Waals surface area contributed by atoms with Crippen LogP contribution in [0.2, 0.25) is 5.02 Å². The van der Waals surface area contributed by atoms with E-state index in [2.05, 4.69) is 20.2 Å². The van der Waals surface area contributed by atoms with Crippen molar-refractivity contribution in [2.75, 3.05) is 10.0 Å². The number of rotatable bonds is 6. The van der Waals surface area contributed by atoms with Crippen LogP contribution in [0.25, 0.3) is 11.3 Å². The Morgan fingerprint density at radius 3 is 2.52 bits per heavy atom. The molecule has 0 radical (unpaired) electrons. The van der Waals surface area contributed by atoms with Crippen LogP contribution in [0.3, 0.4) is 0 Å². The van der Waals surface area contributed by atoms with E-state index >= 15 is 0 Å². The van der Waals surface area contributed by atoms with Crippen LogP contribution in [-0.2, 0) is 16.6 Å². The molecule has 6 rings (SSSR count). The molecule has 0 spiro atoms. The molecule has 0 aliphatic carbocycles. The van der Waals surface area contributed by atoms with E-state index in [9.17, 15) is 12.8 Å². The van der Waals surface area contributed by atoms with Crippen molar-refractivity contribution >= 4 is 44.8 Å². The van der Waals surface area contributed by atoms with E-state index < -0.39 is 10.0 Å². The Balaban J connectivity index is 1.30. The summed E-state index contributed by atoms with van der Waals surface area (Å²) in [7, 11) is -3.86. The minimum Gasteiger partial charge on any atom is -0.360 e. The van der Waals surface area contributed by atoms with Crippen molar-refractivity contribution in [3.05, 3.63) is 112 Å². The summed E-state index contributed by atoms with van der Waals surface area (Å²) in [5.41, 5.74) is 4.21. The minimum absolute atomic E-state index is 0.0465. The molecule has 0 amide bonds. The number of sulfonamides is 1. The molecule has 5 aromatic rings. The lowest BCUT2D eigenvalue weighted by molar-refractivity contribution is 0.400. The quantitative estimate of drug-likeness (QED) is 0.250. The first-order valence-corrected chi connectivity index (χ1v) is 13.9. The van der Waals surface area contributed by atoms with E-state index in [0.717, 1.165) is 11.1 Å². The van der Waals surface area contributed by atoms with E-state index in [4.69, 9.17) is 26.1 Å². The van der Waals surface area contributed by atoms with Crippen LogP contribution in [0, 0.1) is 12.7 Å². The molecule has 0 saturated carbocycles. The number of hydrogen-bond acceptors (Lipinski definition) is 8. The average Bonchev–Trinajstić information content (AvgIpc) is 3.27. The molecule has 0 saturated heterocycles. The number of fused-ring (bicyclic) bond motifs is 3. The smallest absolute Gasteiger partial charge is 0.263 e. The molecule has 3 aromatic carbocycles. The summed E-state index contributed by atoms with van der Waals surface area (Å²) in [6.45, 7) is 1.91. The fourth-order valence-electron chi connectivity index (χ4n) is 4.33. The Kier molecular flexibility index (Phi) is 6.53. The van der Waals surface area contributed by atoms with E-state index in [0.29, 0.717) is 45.0 Å². The van der Waals surface area contributed by atoms with Crippen molar-refractivity contribution in [2.24, 2.45) is 4.99 Å². The zero-order chi connectivity index (χ0) is 27.9. The van der Waals surface area contributed by atoms with Gasteiger partial charge in [0.2, 0.25) is 5.95 Å². The first-order chi connectivity index (χ1) is 19.3. The largest absolute Gasteiger partial charge is 0.360 e. The van der Waals surface area contributed by atoms with Gasteiger partial charge in [0.25, 0.3) is 10.0 Å². The molecule has 3 heterocycles. The first-order valence-electron chi connectivity index (χ1n) is 12.1. The van der Waals surface area contributed by atoms with Crippen molar-refractivity contribution < 1.29 is 17.3 Å². The second-order valence-electron chi connectivity index (χ2n) is 8.98. The predicted octanol–water partition coefficient (Wildman–Crippen LogP) is 6.13. The summed E-state index contributed by atoms with van der Waals surface area (Å²) >= 11 is 6.33. The van der Waals surface area contributed by atoms with Gasteiger partial charge in [-0.3, -0.25) is 9.71 Å². The molecule has 0 fully saturated rings. The van der Waals surface area contributed by atoms with Gasteiger partial charge in [0.1, 0.15) is 11.6 Å². The highest BCUT2D eigenvalue weighted by Gasteiger charge is 2.23. The van der Waals surface area contributed by atoms with Crippen molar-refractivity contribution in [3.8, 4) is 11.3 Å². The Bertz CT molecular complexity index is 1890. The first kappa shape index (κ1) is 25.7. The van der Waals surface area contributed by atoms with Gasteiger partial charge < -0.3 is 9.84 Å². The molecule has 200 valence electrons. The van der Waals surface area contributed by atoms with E-state index in [1.54, 1.807) is 55.6 Å². The Morgan fingerprint density at radius 2 is 1.77 bits per heavy atom. The van der Waals surface area contributed by atoms with Gasteiger partial charge in [0, 0.05) is 45.2 Å².